The van der Waals surface area contributed by atoms with Gasteiger partial charge in [-0.1, -0.05) is 0 Å². The average molecular weight is 248 g/mol. The molecule has 0 radical (unpaired) electrons. The van der Waals surface area contributed by atoms with Gasteiger partial charge in [-0.2, -0.15) is 0 Å². The summed E-state index contributed by atoms with van der Waals surface area (Å²) in [5.41, 5.74) is -2.01. The highest BCUT2D eigenvalue weighted by molar-refractivity contribution is 5.79. The molecule has 6 heteroatoms. The predicted octanol–water partition coefficient (Wildman–Crippen LogP) is -0.187. The van der Waals surface area contributed by atoms with E-state index in [1.54, 1.807) is 20.8 Å². The van der Waals surface area contributed by atoms with E-state index in [-0.39, 0.29) is 13.2 Å². The van der Waals surface area contributed by atoms with Crippen LogP contribution in [-0.4, -0.2) is 53.0 Å². The van der Waals surface area contributed by atoms with Crippen molar-refractivity contribution in [3.05, 3.63) is 0 Å². The zero-order chi connectivity index (χ0) is 13.3. The largest absolute Gasteiger partial charge is 0.464 e. The molecule has 0 aliphatic carbocycles. The first-order chi connectivity index (χ1) is 7.70. The lowest BCUT2D eigenvalue weighted by Crippen LogP contribution is -2.54. The molecule has 0 unspecified atom stereocenters. The Morgan fingerprint density at radius 3 is 2.65 bits per heavy atom. The van der Waals surface area contributed by atoms with E-state index in [9.17, 15) is 15.0 Å². The second kappa shape index (κ2) is 4.89. The smallest absolute Gasteiger partial charge is 0.340 e. The topological polar surface area (TPSA) is 85.2 Å². The molecule has 6 nitrogen and oxygen atoms in total. The fraction of sp³-hybridized carbons (Fsp3) is 0.909. The van der Waals surface area contributed by atoms with E-state index < -0.39 is 29.6 Å². The van der Waals surface area contributed by atoms with Crippen molar-refractivity contribution in [1.82, 2.24) is 0 Å². The summed E-state index contributed by atoms with van der Waals surface area (Å²) in [6.07, 6.45) is -2.16. The van der Waals surface area contributed by atoms with Crippen molar-refractivity contribution in [2.45, 2.75) is 51.3 Å². The number of esters is 1. The van der Waals surface area contributed by atoms with Gasteiger partial charge in [-0.3, -0.25) is 0 Å². The lowest BCUT2D eigenvalue weighted by Gasteiger charge is -2.30. The maximum Gasteiger partial charge on any atom is 0.340 e. The van der Waals surface area contributed by atoms with Crippen LogP contribution in [-0.2, 0) is 19.0 Å². The van der Waals surface area contributed by atoms with Crippen molar-refractivity contribution >= 4 is 5.97 Å². The van der Waals surface area contributed by atoms with Gasteiger partial charge < -0.3 is 24.4 Å². The average Bonchev–Trinajstić information content (AvgIpc) is 2.58. The van der Waals surface area contributed by atoms with E-state index in [0.29, 0.717) is 0 Å². The molecular formula is C11H20O6. The molecule has 100 valence electrons. The van der Waals surface area contributed by atoms with Gasteiger partial charge in [0.2, 0.25) is 0 Å². The Bertz CT molecular complexity index is 286. The van der Waals surface area contributed by atoms with Crippen LogP contribution in [0, 0.1) is 0 Å². The molecule has 0 aromatic carbocycles. The first-order valence-corrected chi connectivity index (χ1v) is 5.60. The molecule has 1 rings (SSSR count). The summed E-state index contributed by atoms with van der Waals surface area (Å²) >= 11 is 0. The zero-order valence-electron chi connectivity index (χ0n) is 10.6. The van der Waals surface area contributed by atoms with Crippen molar-refractivity contribution in [1.29, 1.82) is 0 Å². The SMILES string of the molecule is CCOC(=O)[C@@](C)(O)[C@@H](O)[C@@H]1COC(C)(C)O1. The molecule has 1 aliphatic rings. The highest BCUT2D eigenvalue weighted by Crippen LogP contribution is 2.28. The highest BCUT2D eigenvalue weighted by atomic mass is 16.7. The first-order valence-electron chi connectivity index (χ1n) is 5.60. The van der Waals surface area contributed by atoms with E-state index in [1.807, 2.05) is 0 Å². The third-order valence-electron chi connectivity index (χ3n) is 2.65. The number of aliphatic hydroxyl groups is 2. The molecule has 0 aromatic heterocycles. The van der Waals surface area contributed by atoms with Crippen molar-refractivity contribution in [2.75, 3.05) is 13.2 Å². The summed E-state index contributed by atoms with van der Waals surface area (Å²) in [5, 5.41) is 19.9. The predicted molar refractivity (Wildman–Crippen MR) is 58.2 cm³/mol. The Kier molecular flexibility index (Phi) is 4.14. The summed E-state index contributed by atoms with van der Waals surface area (Å²) in [6, 6.07) is 0. The van der Waals surface area contributed by atoms with Crippen LogP contribution in [0.4, 0.5) is 0 Å². The van der Waals surface area contributed by atoms with Gasteiger partial charge >= 0.3 is 5.97 Å². The van der Waals surface area contributed by atoms with Crippen molar-refractivity contribution in [3.8, 4) is 0 Å². The normalized spacial score (nSPS) is 28.5. The lowest BCUT2D eigenvalue weighted by atomic mass is 9.95. The van der Waals surface area contributed by atoms with Gasteiger partial charge in [0.15, 0.2) is 11.4 Å². The Hall–Kier alpha value is -0.690. The maximum absolute atomic E-state index is 11.5. The molecule has 0 amide bonds. The van der Waals surface area contributed by atoms with Gasteiger partial charge in [0.1, 0.15) is 12.2 Å². The summed E-state index contributed by atoms with van der Waals surface area (Å²) in [6.45, 7) is 6.46. The number of ether oxygens (including phenoxy) is 3. The van der Waals surface area contributed by atoms with E-state index in [0.717, 1.165) is 0 Å². The fourth-order valence-electron chi connectivity index (χ4n) is 1.63. The number of carbonyl (C=O) groups is 1. The second-order valence-electron chi connectivity index (χ2n) is 4.68. The molecule has 0 aromatic rings. The number of carbonyl (C=O) groups excluding carboxylic acids is 1. The van der Waals surface area contributed by atoms with Crippen LogP contribution in [0.5, 0.6) is 0 Å². The number of aliphatic hydroxyl groups excluding tert-OH is 1. The van der Waals surface area contributed by atoms with Crippen molar-refractivity contribution in [3.63, 3.8) is 0 Å². The molecule has 3 atom stereocenters. The minimum atomic E-state index is -2.01. The highest BCUT2D eigenvalue weighted by Gasteiger charge is 2.48. The molecule has 1 fully saturated rings. The Morgan fingerprint density at radius 1 is 1.65 bits per heavy atom. The second-order valence-corrected chi connectivity index (χ2v) is 4.68. The van der Waals surface area contributed by atoms with Crippen LogP contribution < -0.4 is 0 Å². The van der Waals surface area contributed by atoms with E-state index in [4.69, 9.17) is 14.2 Å². The fourth-order valence-corrected chi connectivity index (χ4v) is 1.63. The number of rotatable bonds is 4. The Labute approximate surface area is 100 Å². The van der Waals surface area contributed by atoms with Crippen LogP contribution in [0.15, 0.2) is 0 Å². The van der Waals surface area contributed by atoms with Gasteiger partial charge in [-0.15, -0.1) is 0 Å². The molecule has 17 heavy (non-hydrogen) atoms. The molecule has 1 aliphatic heterocycles. The van der Waals surface area contributed by atoms with Crippen LogP contribution >= 0.6 is 0 Å². The minimum Gasteiger partial charge on any atom is -0.464 e. The third kappa shape index (κ3) is 3.16. The number of hydrogen-bond acceptors (Lipinski definition) is 6. The van der Waals surface area contributed by atoms with Gasteiger partial charge in [-0.05, 0) is 27.7 Å². The minimum absolute atomic E-state index is 0.115. The zero-order valence-corrected chi connectivity index (χ0v) is 10.6. The summed E-state index contributed by atoms with van der Waals surface area (Å²) in [5.74, 6) is -1.70. The Morgan fingerprint density at radius 2 is 2.24 bits per heavy atom. The van der Waals surface area contributed by atoms with Gasteiger partial charge in [-0.25, -0.2) is 4.79 Å². The summed E-state index contributed by atoms with van der Waals surface area (Å²) in [7, 11) is 0. The molecule has 0 spiro atoms. The van der Waals surface area contributed by atoms with E-state index in [2.05, 4.69) is 0 Å². The standard InChI is InChI=1S/C11H20O6/c1-5-15-9(13)11(4,14)8(12)7-6-16-10(2,3)17-7/h7-8,12,14H,5-6H2,1-4H3/t7-,8-,11-/m0/s1. The molecule has 2 N–H and O–H groups in total. The van der Waals surface area contributed by atoms with E-state index >= 15 is 0 Å². The van der Waals surface area contributed by atoms with E-state index in [1.165, 1.54) is 6.92 Å². The number of hydrogen-bond donors (Lipinski definition) is 2. The van der Waals surface area contributed by atoms with Crippen molar-refractivity contribution in [2.24, 2.45) is 0 Å². The summed E-state index contributed by atoms with van der Waals surface area (Å²) < 4.78 is 15.3. The van der Waals surface area contributed by atoms with Crippen LogP contribution in [0.25, 0.3) is 0 Å². The van der Waals surface area contributed by atoms with Crippen LogP contribution in [0.1, 0.15) is 27.7 Å². The maximum atomic E-state index is 11.5. The Balaban J connectivity index is 2.69. The van der Waals surface area contributed by atoms with Gasteiger partial charge in [0.25, 0.3) is 0 Å². The third-order valence-corrected chi connectivity index (χ3v) is 2.65. The van der Waals surface area contributed by atoms with Gasteiger partial charge in [0.05, 0.1) is 13.2 Å². The van der Waals surface area contributed by atoms with Crippen molar-refractivity contribution < 1.29 is 29.2 Å². The monoisotopic (exact) mass is 248 g/mol. The first kappa shape index (κ1) is 14.4. The molecule has 0 saturated carbocycles. The summed E-state index contributed by atoms with van der Waals surface area (Å²) in [4.78, 5) is 11.5. The molecule has 0 bridgehead atoms. The van der Waals surface area contributed by atoms with Crippen LogP contribution in [0.2, 0.25) is 0 Å². The quantitative estimate of drug-likeness (QED) is 0.671. The molecular weight excluding hydrogens is 228 g/mol. The molecule has 1 heterocycles. The molecule has 1 saturated heterocycles. The van der Waals surface area contributed by atoms with Gasteiger partial charge in [0, 0.05) is 0 Å². The lowest BCUT2D eigenvalue weighted by molar-refractivity contribution is -0.195. The van der Waals surface area contributed by atoms with Crippen LogP contribution in [0.3, 0.4) is 0 Å².